The summed E-state index contributed by atoms with van der Waals surface area (Å²) in [5, 5.41) is 29.0. The predicted octanol–water partition coefficient (Wildman–Crippen LogP) is 4.89. The van der Waals surface area contributed by atoms with Gasteiger partial charge < -0.3 is 45.6 Å². The molecular formula is C55H65F2N13O8S. The van der Waals surface area contributed by atoms with Crippen LogP contribution in [0.2, 0.25) is 0 Å². The van der Waals surface area contributed by atoms with Gasteiger partial charge in [-0.25, -0.2) is 23.7 Å². The van der Waals surface area contributed by atoms with Gasteiger partial charge in [-0.3, -0.25) is 38.4 Å². The number of aromatic nitrogens is 6. The van der Waals surface area contributed by atoms with E-state index in [0.717, 1.165) is 45.9 Å². The molecule has 10 rings (SSSR count). The number of aliphatic hydroxyl groups is 1. The zero-order chi connectivity index (χ0) is 55.6. The molecule has 2 aromatic carbocycles. The Hall–Kier alpha value is -7.41. The number of halogens is 2. The minimum atomic E-state index is -2.00. The first-order chi connectivity index (χ1) is 37.9. The number of aryl methyl sites for hydroxylation is 1. The van der Waals surface area contributed by atoms with Gasteiger partial charge in [-0.1, -0.05) is 32.9 Å². The molecule has 0 unspecified atom stereocenters. The number of aliphatic hydroxyl groups excluding tert-OH is 1. The molecule has 2 aliphatic heterocycles. The monoisotopic (exact) mass is 1110 g/mol. The van der Waals surface area contributed by atoms with Crippen LogP contribution in [0.25, 0.3) is 27.3 Å². The van der Waals surface area contributed by atoms with E-state index in [9.17, 15) is 33.5 Å². The van der Waals surface area contributed by atoms with Gasteiger partial charge in [0.05, 0.1) is 71.4 Å². The average molecular weight is 1110 g/mol. The Morgan fingerprint density at radius 2 is 1.77 bits per heavy atom. The first-order valence-corrected chi connectivity index (χ1v) is 27.5. The Morgan fingerprint density at radius 3 is 2.47 bits per heavy atom. The summed E-state index contributed by atoms with van der Waals surface area (Å²) in [5.74, 6) is -1.82. The van der Waals surface area contributed by atoms with E-state index >= 15 is 4.39 Å². The number of likely N-dealkylation sites (tertiary alicyclic amines) is 1. The average Bonchev–Trinajstić information content (AvgIpc) is 4.12. The number of aromatic amines is 1. The number of alkyl halides is 1. The van der Waals surface area contributed by atoms with Crippen LogP contribution in [0.15, 0.2) is 66.7 Å². The van der Waals surface area contributed by atoms with Gasteiger partial charge in [0.25, 0.3) is 11.8 Å². The fourth-order valence-corrected chi connectivity index (χ4v) is 10.6. The summed E-state index contributed by atoms with van der Waals surface area (Å²) in [5.41, 5.74) is 4.77. The van der Waals surface area contributed by atoms with Crippen LogP contribution in [0.5, 0.6) is 5.75 Å². The third-order valence-corrected chi connectivity index (χ3v) is 15.7. The second kappa shape index (κ2) is 23.1. The van der Waals surface area contributed by atoms with E-state index in [-0.39, 0.29) is 88.3 Å². The second-order valence-electron chi connectivity index (χ2n) is 21.8. The molecule has 418 valence electrons. The van der Waals surface area contributed by atoms with E-state index in [1.165, 1.54) is 28.4 Å². The number of ether oxygens (including phenoxy) is 2. The highest BCUT2D eigenvalue weighted by molar-refractivity contribution is 7.13. The maximum Gasteiger partial charge on any atom is 0.258 e. The first-order valence-electron chi connectivity index (χ1n) is 26.6. The lowest BCUT2D eigenvalue weighted by Gasteiger charge is -2.35. The molecule has 5 amide bonds. The molecule has 6 N–H and O–H groups in total. The van der Waals surface area contributed by atoms with Crippen LogP contribution in [0.1, 0.15) is 86.1 Å². The van der Waals surface area contributed by atoms with Crippen molar-refractivity contribution in [1.29, 1.82) is 0 Å². The molecule has 2 aliphatic carbocycles. The number of anilines is 2. The van der Waals surface area contributed by atoms with E-state index < -0.39 is 52.8 Å². The van der Waals surface area contributed by atoms with E-state index in [4.69, 9.17) is 14.5 Å². The number of rotatable bonds is 21. The molecule has 24 heteroatoms. The van der Waals surface area contributed by atoms with E-state index in [2.05, 4.69) is 41.4 Å². The highest BCUT2D eigenvalue weighted by Crippen LogP contribution is 2.42. The van der Waals surface area contributed by atoms with Crippen LogP contribution < -0.4 is 26.0 Å². The molecule has 0 bridgehead atoms. The number of nitrogens with one attached hydrogen (secondary N) is 5. The predicted molar refractivity (Wildman–Crippen MR) is 289 cm³/mol. The van der Waals surface area contributed by atoms with Crippen LogP contribution in [0.3, 0.4) is 0 Å². The molecule has 21 nitrogen and oxygen atoms in total. The maximum absolute atomic E-state index is 15.7. The second-order valence-corrected chi connectivity index (χ2v) is 22.6. The lowest BCUT2D eigenvalue weighted by atomic mass is 9.85. The van der Waals surface area contributed by atoms with Crippen molar-refractivity contribution in [3.05, 3.63) is 95.0 Å². The topological polar surface area (TPSA) is 254 Å². The van der Waals surface area contributed by atoms with Gasteiger partial charge in [0.15, 0.2) is 17.1 Å². The van der Waals surface area contributed by atoms with Gasteiger partial charge in [-0.15, -0.1) is 11.3 Å². The number of fused-ring (bicyclic) bond motifs is 1. The number of piperazine rings is 1. The summed E-state index contributed by atoms with van der Waals surface area (Å²) in [6.45, 7) is 9.61. The number of H-pyrrole nitrogens is 1. The van der Waals surface area contributed by atoms with Gasteiger partial charge in [0.2, 0.25) is 17.7 Å². The number of nitrogens with zero attached hydrogens (tertiary/aromatic N) is 8. The molecular weight excluding hydrogens is 1040 g/mol. The zero-order valence-electron chi connectivity index (χ0n) is 44.5. The first kappa shape index (κ1) is 54.9. The molecule has 3 atom stereocenters. The van der Waals surface area contributed by atoms with Gasteiger partial charge in [0.1, 0.15) is 30.3 Å². The number of carbonyl (C=O) groups is 5. The molecule has 2 saturated carbocycles. The smallest absolute Gasteiger partial charge is 0.258 e. The van der Waals surface area contributed by atoms with Crippen molar-refractivity contribution < 1.29 is 47.3 Å². The Bertz CT molecular complexity index is 3220. The summed E-state index contributed by atoms with van der Waals surface area (Å²) in [4.78, 5) is 86.5. The Kier molecular flexibility index (Phi) is 16.1. The van der Waals surface area contributed by atoms with Gasteiger partial charge in [0, 0.05) is 87.2 Å². The Labute approximate surface area is 458 Å². The van der Waals surface area contributed by atoms with Crippen LogP contribution in [-0.2, 0) is 30.5 Å². The Balaban J connectivity index is 0.663. The number of β-amino-alcohol motifs (C(OH)–C–C–N with tert-alkyl or cyclic N) is 1. The van der Waals surface area contributed by atoms with Crippen LogP contribution in [-0.4, -0.2) is 168 Å². The van der Waals surface area contributed by atoms with Crippen LogP contribution >= 0.6 is 11.3 Å². The van der Waals surface area contributed by atoms with Crippen molar-refractivity contribution >= 4 is 58.0 Å². The molecule has 0 radical (unpaired) electrons. The van der Waals surface area contributed by atoms with Crippen molar-refractivity contribution in [2.24, 2.45) is 5.41 Å². The summed E-state index contributed by atoms with van der Waals surface area (Å²) in [7, 11) is 0. The highest BCUT2D eigenvalue weighted by Gasteiger charge is 2.53. The quantitative estimate of drug-likeness (QED) is 0.0525. The highest BCUT2D eigenvalue weighted by atomic mass is 32.1. The fourth-order valence-electron chi connectivity index (χ4n) is 9.85. The number of benzene rings is 2. The molecule has 4 aliphatic rings. The number of hydrogen-bond acceptors (Lipinski definition) is 15. The van der Waals surface area contributed by atoms with Gasteiger partial charge in [-0.05, 0) is 67.9 Å². The normalized spacial score (nSPS) is 18.6. The molecule has 79 heavy (non-hydrogen) atoms. The number of carbonyl (C=O) groups excluding carboxylic acids is 5. The SMILES string of the molecule is Cc1ncsc1-c1ccc(CNC(=O)[C@@H]2C[C@@H](O)CN2C(=O)[C@@H](NC(=O)C2(F)CC2)C(C)(C)C)c(OCCOCCNC(=O)CN2CCN(C(=O)c3ccc(Nc4nc(C5CC5)cn5c(-c6cn[nH]c6)cnc45)c(F)c3)CC2)c1. The van der Waals surface area contributed by atoms with E-state index in [0.29, 0.717) is 54.9 Å². The lowest BCUT2D eigenvalue weighted by molar-refractivity contribution is -0.145. The van der Waals surface area contributed by atoms with Crippen molar-refractivity contribution in [2.45, 2.75) is 96.1 Å². The minimum absolute atomic E-state index is 0.0118. The third kappa shape index (κ3) is 12.7. The van der Waals surface area contributed by atoms with Crippen LogP contribution in [0.4, 0.5) is 20.3 Å². The Morgan fingerprint density at radius 1 is 0.975 bits per heavy atom. The van der Waals surface area contributed by atoms with Gasteiger partial charge >= 0.3 is 0 Å². The number of thiazole rings is 1. The largest absolute Gasteiger partial charge is 0.491 e. The van der Waals surface area contributed by atoms with Crippen molar-refractivity contribution in [3.8, 4) is 27.4 Å². The fraction of sp³-hybridized carbons (Fsp3) is 0.473. The molecule has 4 aromatic heterocycles. The molecule has 2 saturated heterocycles. The van der Waals surface area contributed by atoms with E-state index in [1.54, 1.807) is 55.8 Å². The number of imidazole rings is 1. The summed E-state index contributed by atoms with van der Waals surface area (Å²) < 4.78 is 44.3. The van der Waals surface area contributed by atoms with E-state index in [1.807, 2.05) is 40.6 Å². The lowest BCUT2D eigenvalue weighted by Crippen LogP contribution is -2.59. The summed E-state index contributed by atoms with van der Waals surface area (Å²) in [6.07, 6.45) is 8.43. The summed E-state index contributed by atoms with van der Waals surface area (Å²) in [6, 6.07) is 7.81. The standard InChI is InChI=1S/C55H65F2N13O8S/c1-32-46(79-31-61-32)34-7-8-36(24-60-50(73)42-23-38(71)28-70(42)52(75)47(54(2,3)4)66-53(76)55(57)11-12-55)44(22-34)78-20-19-77-18-13-58-45(72)30-67-14-16-68(17-15-67)51(74)35-9-10-40(39(56)21-35)64-48-49-59-27-43(37-25-62-63-26-37)69(49)29-41(65-48)33-5-6-33/h7-10,21-22,25-27,29,31,33,38,42,47,71H,5-6,11-20,23-24,28,30H2,1-4H3,(H,58,72)(H,60,73)(H,62,63)(H,64,65)(H,66,76)/t38-,42+,47-/m1/s1. The molecule has 4 fully saturated rings. The van der Waals surface area contributed by atoms with Crippen molar-refractivity contribution in [2.75, 3.05) is 71.0 Å². The maximum atomic E-state index is 15.7. The number of amides is 5. The van der Waals surface area contributed by atoms with Crippen molar-refractivity contribution in [3.63, 3.8) is 0 Å². The van der Waals surface area contributed by atoms with Crippen LogP contribution in [0, 0.1) is 18.2 Å². The zero-order valence-corrected chi connectivity index (χ0v) is 45.3. The number of hydrogen-bond donors (Lipinski definition) is 6. The molecule has 0 spiro atoms. The third-order valence-electron chi connectivity index (χ3n) is 14.7. The molecule has 6 aromatic rings. The summed E-state index contributed by atoms with van der Waals surface area (Å²) >= 11 is 1.48. The molecule has 6 heterocycles. The van der Waals surface area contributed by atoms with Crippen molar-refractivity contribution in [1.82, 2.24) is 60.2 Å². The van der Waals surface area contributed by atoms with Gasteiger partial charge in [-0.2, -0.15) is 5.10 Å². The minimum Gasteiger partial charge on any atom is -0.491 e.